The number of likely N-dealkylation sites (N-methyl/N-ethyl adjacent to an activating group) is 1. The van der Waals surface area contributed by atoms with Gasteiger partial charge in [-0.2, -0.15) is 11.8 Å². The summed E-state index contributed by atoms with van der Waals surface area (Å²) in [5.74, 6) is 1.24. The summed E-state index contributed by atoms with van der Waals surface area (Å²) in [5, 5.41) is 0. The van der Waals surface area contributed by atoms with Crippen LogP contribution in [0, 0.1) is 0 Å². The highest BCUT2D eigenvalue weighted by atomic mass is 32.2. The molecule has 1 atom stereocenters. The van der Waals surface area contributed by atoms with Crippen molar-refractivity contribution < 1.29 is 0 Å². The van der Waals surface area contributed by atoms with Crippen molar-refractivity contribution >= 4 is 11.8 Å². The molecule has 0 aromatic rings. The molecule has 0 aromatic carbocycles. The van der Waals surface area contributed by atoms with Crippen molar-refractivity contribution in [1.82, 2.24) is 4.90 Å². The van der Waals surface area contributed by atoms with E-state index in [-0.39, 0.29) is 0 Å². The Hall–Kier alpha value is 0.01000. The molecule has 0 bridgehead atoms. The summed E-state index contributed by atoms with van der Waals surface area (Å²) < 4.78 is 0. The first-order valence-corrected chi connectivity index (χ1v) is 6.16. The summed E-state index contributed by atoms with van der Waals surface area (Å²) >= 11 is 1.91. The van der Waals surface area contributed by atoms with E-state index in [2.05, 4.69) is 31.2 Å². The van der Waals surface area contributed by atoms with Gasteiger partial charge in [0.2, 0.25) is 0 Å². The standard InChI is InChI=1S/C10H22N2S/c1-10(6-9-13-3)12(2)8-5-4-7-11/h4-5,10H,6-9,11H2,1-3H3/b5-4+. The van der Waals surface area contributed by atoms with Crippen LogP contribution in [-0.4, -0.2) is 43.1 Å². The average Bonchev–Trinajstić information content (AvgIpc) is 2.14. The normalized spacial score (nSPS) is 14.2. The van der Waals surface area contributed by atoms with Gasteiger partial charge in [-0.25, -0.2) is 0 Å². The largest absolute Gasteiger partial charge is 0.327 e. The second-order valence-corrected chi connectivity index (χ2v) is 4.26. The van der Waals surface area contributed by atoms with Gasteiger partial charge in [0.1, 0.15) is 0 Å². The zero-order valence-corrected chi connectivity index (χ0v) is 9.81. The SMILES string of the molecule is CSCCC(C)N(C)C/C=C/CN. The van der Waals surface area contributed by atoms with Crippen molar-refractivity contribution in [3.8, 4) is 0 Å². The minimum absolute atomic E-state index is 0.646. The first-order valence-electron chi connectivity index (χ1n) is 4.76. The molecule has 0 saturated heterocycles. The summed E-state index contributed by atoms with van der Waals surface area (Å²) in [5.41, 5.74) is 5.36. The Morgan fingerprint density at radius 3 is 2.69 bits per heavy atom. The molecule has 0 aliphatic carbocycles. The molecule has 13 heavy (non-hydrogen) atoms. The van der Waals surface area contributed by atoms with E-state index in [4.69, 9.17) is 5.73 Å². The predicted octanol–water partition coefficient (Wildman–Crippen LogP) is 1.57. The van der Waals surface area contributed by atoms with Crippen LogP contribution in [0.15, 0.2) is 12.2 Å². The lowest BCUT2D eigenvalue weighted by molar-refractivity contribution is 0.279. The number of hydrogen-bond donors (Lipinski definition) is 1. The van der Waals surface area contributed by atoms with E-state index in [0.717, 1.165) is 6.54 Å². The van der Waals surface area contributed by atoms with Gasteiger partial charge in [0.05, 0.1) is 0 Å². The van der Waals surface area contributed by atoms with E-state index < -0.39 is 0 Å². The minimum atomic E-state index is 0.646. The first kappa shape index (κ1) is 13.0. The average molecular weight is 202 g/mol. The van der Waals surface area contributed by atoms with Crippen molar-refractivity contribution in [1.29, 1.82) is 0 Å². The Balaban J connectivity index is 3.55. The van der Waals surface area contributed by atoms with Crippen LogP contribution in [0.5, 0.6) is 0 Å². The number of thioether (sulfide) groups is 1. The monoisotopic (exact) mass is 202 g/mol. The third kappa shape index (κ3) is 7.11. The molecule has 0 amide bonds. The third-order valence-corrected chi connectivity index (χ3v) is 2.83. The molecule has 3 heteroatoms. The second-order valence-electron chi connectivity index (χ2n) is 3.28. The van der Waals surface area contributed by atoms with Crippen LogP contribution < -0.4 is 5.73 Å². The quantitative estimate of drug-likeness (QED) is 0.636. The summed E-state index contributed by atoms with van der Waals surface area (Å²) in [6.45, 7) is 3.92. The molecule has 0 spiro atoms. The summed E-state index contributed by atoms with van der Waals surface area (Å²) in [7, 11) is 2.16. The van der Waals surface area contributed by atoms with Crippen LogP contribution in [0.1, 0.15) is 13.3 Å². The van der Waals surface area contributed by atoms with Crippen LogP contribution >= 0.6 is 11.8 Å². The van der Waals surface area contributed by atoms with Gasteiger partial charge in [-0.1, -0.05) is 12.2 Å². The molecule has 0 radical (unpaired) electrons. The lowest BCUT2D eigenvalue weighted by atomic mass is 10.2. The first-order chi connectivity index (χ1) is 6.22. The van der Waals surface area contributed by atoms with Gasteiger partial charge < -0.3 is 10.6 Å². The molecule has 78 valence electrons. The Morgan fingerprint density at radius 1 is 1.46 bits per heavy atom. The van der Waals surface area contributed by atoms with Gasteiger partial charge in [-0.15, -0.1) is 0 Å². The molecule has 2 N–H and O–H groups in total. The number of nitrogens with zero attached hydrogens (tertiary/aromatic N) is 1. The summed E-state index contributed by atoms with van der Waals surface area (Å²) in [4.78, 5) is 2.35. The van der Waals surface area contributed by atoms with Gasteiger partial charge in [0.15, 0.2) is 0 Å². The molecular formula is C10H22N2S. The van der Waals surface area contributed by atoms with Crippen molar-refractivity contribution in [2.24, 2.45) is 5.73 Å². The Labute approximate surface area is 86.6 Å². The number of rotatable bonds is 7. The smallest absolute Gasteiger partial charge is 0.0163 e. The zero-order valence-electron chi connectivity index (χ0n) is 8.99. The van der Waals surface area contributed by atoms with Gasteiger partial charge in [-0.3, -0.25) is 0 Å². The van der Waals surface area contributed by atoms with E-state index in [1.807, 2.05) is 17.8 Å². The fourth-order valence-electron chi connectivity index (χ4n) is 1.03. The molecule has 0 aliphatic rings. The van der Waals surface area contributed by atoms with Crippen molar-refractivity contribution in [3.05, 3.63) is 12.2 Å². The van der Waals surface area contributed by atoms with Gasteiger partial charge in [0.25, 0.3) is 0 Å². The fraction of sp³-hybridized carbons (Fsp3) is 0.800. The second kappa shape index (κ2) is 8.60. The Kier molecular flexibility index (Phi) is 8.61. The van der Waals surface area contributed by atoms with Gasteiger partial charge in [-0.05, 0) is 32.4 Å². The molecule has 0 heterocycles. The highest BCUT2D eigenvalue weighted by molar-refractivity contribution is 7.98. The maximum absolute atomic E-state index is 5.36. The van der Waals surface area contributed by atoms with E-state index in [9.17, 15) is 0 Å². The summed E-state index contributed by atoms with van der Waals surface area (Å²) in [6.07, 6.45) is 7.56. The highest BCUT2D eigenvalue weighted by Gasteiger charge is 2.05. The van der Waals surface area contributed by atoms with Crippen LogP contribution in [-0.2, 0) is 0 Å². The highest BCUT2D eigenvalue weighted by Crippen LogP contribution is 2.05. The van der Waals surface area contributed by atoms with Crippen LogP contribution in [0.2, 0.25) is 0 Å². The van der Waals surface area contributed by atoms with Crippen LogP contribution in [0.3, 0.4) is 0 Å². The lowest BCUT2D eigenvalue weighted by Gasteiger charge is -2.22. The molecule has 0 saturated carbocycles. The Bertz CT molecular complexity index is 137. The van der Waals surface area contributed by atoms with Crippen LogP contribution in [0.4, 0.5) is 0 Å². The van der Waals surface area contributed by atoms with Crippen molar-refractivity contribution in [3.63, 3.8) is 0 Å². The zero-order chi connectivity index (χ0) is 10.1. The van der Waals surface area contributed by atoms with E-state index in [0.29, 0.717) is 12.6 Å². The number of nitrogens with two attached hydrogens (primary N) is 1. The van der Waals surface area contributed by atoms with E-state index >= 15 is 0 Å². The van der Waals surface area contributed by atoms with E-state index in [1.54, 1.807) is 0 Å². The van der Waals surface area contributed by atoms with E-state index in [1.165, 1.54) is 12.2 Å². The minimum Gasteiger partial charge on any atom is -0.327 e. The summed E-state index contributed by atoms with van der Waals surface area (Å²) in [6, 6.07) is 0.662. The molecule has 0 aliphatic heterocycles. The molecule has 0 rings (SSSR count). The lowest BCUT2D eigenvalue weighted by Crippen LogP contribution is -2.29. The molecule has 2 nitrogen and oxygen atoms in total. The molecule has 0 fully saturated rings. The number of hydrogen-bond acceptors (Lipinski definition) is 3. The topological polar surface area (TPSA) is 29.3 Å². The maximum Gasteiger partial charge on any atom is 0.0163 e. The van der Waals surface area contributed by atoms with Gasteiger partial charge >= 0.3 is 0 Å². The predicted molar refractivity (Wildman–Crippen MR) is 63.3 cm³/mol. The van der Waals surface area contributed by atoms with Crippen molar-refractivity contribution in [2.45, 2.75) is 19.4 Å². The fourth-order valence-corrected chi connectivity index (χ4v) is 1.60. The third-order valence-electron chi connectivity index (χ3n) is 2.19. The Morgan fingerprint density at radius 2 is 2.15 bits per heavy atom. The molecule has 1 unspecified atom stereocenters. The molecule has 0 aromatic heterocycles. The maximum atomic E-state index is 5.36. The van der Waals surface area contributed by atoms with Gasteiger partial charge in [0, 0.05) is 19.1 Å². The molecular weight excluding hydrogens is 180 g/mol. The van der Waals surface area contributed by atoms with Crippen molar-refractivity contribution in [2.75, 3.05) is 32.1 Å². The van der Waals surface area contributed by atoms with Crippen LogP contribution in [0.25, 0.3) is 0 Å².